The van der Waals surface area contributed by atoms with Gasteiger partial charge in [0.05, 0.1) is 19.8 Å². The Kier molecular flexibility index (Phi) is 8.14. The van der Waals surface area contributed by atoms with Crippen molar-refractivity contribution in [3.05, 3.63) is 59.7 Å². The van der Waals surface area contributed by atoms with Crippen LogP contribution in [-0.4, -0.2) is 61.5 Å². The van der Waals surface area contributed by atoms with Crippen LogP contribution in [0, 0.1) is 0 Å². The lowest BCUT2D eigenvalue weighted by Gasteiger charge is -2.27. The molecule has 2 aliphatic rings. The van der Waals surface area contributed by atoms with Crippen LogP contribution in [0.4, 0.5) is 11.4 Å². The second kappa shape index (κ2) is 11.7. The van der Waals surface area contributed by atoms with Crippen molar-refractivity contribution in [3.8, 4) is 0 Å². The van der Waals surface area contributed by atoms with Crippen molar-refractivity contribution in [2.45, 2.75) is 38.1 Å². The van der Waals surface area contributed by atoms with E-state index >= 15 is 0 Å². The number of carbonyl (C=O) groups is 3. The lowest BCUT2D eigenvalue weighted by molar-refractivity contribution is -0.114. The zero-order valence-electron chi connectivity index (χ0n) is 19.3. The number of amides is 3. The highest BCUT2D eigenvalue weighted by atomic mass is 16.5. The van der Waals surface area contributed by atoms with Gasteiger partial charge >= 0.3 is 0 Å². The van der Waals surface area contributed by atoms with E-state index in [0.29, 0.717) is 48.8 Å². The van der Waals surface area contributed by atoms with Gasteiger partial charge in [0.1, 0.15) is 0 Å². The minimum absolute atomic E-state index is 0.0354. The van der Waals surface area contributed by atoms with Gasteiger partial charge in [0.2, 0.25) is 5.91 Å². The molecule has 0 spiro atoms. The minimum atomic E-state index is -0.241. The average Bonchev–Trinajstić information content (AvgIpc) is 2.88. The largest absolute Gasteiger partial charge is 0.378 e. The van der Waals surface area contributed by atoms with Crippen LogP contribution < -0.4 is 16.0 Å². The number of ether oxygens (including phenoxy) is 1. The van der Waals surface area contributed by atoms with E-state index in [1.54, 1.807) is 47.4 Å². The standard InChI is InChI=1S/C26H32N4O4/c31-24(18-27-22-10-5-7-20(17-22)26(33)30-12-14-34-15-13-30)28-23-11-4-6-19(16-23)25(32)29-21-8-2-1-3-9-21/h4-7,10-11,16-17,21,27H,1-3,8-9,12-15,18H2,(H,28,31)(H,29,32). The average molecular weight is 465 g/mol. The first-order valence-corrected chi connectivity index (χ1v) is 12.0. The third-order valence-corrected chi connectivity index (χ3v) is 6.21. The molecule has 1 saturated carbocycles. The topological polar surface area (TPSA) is 99.8 Å². The molecule has 2 aromatic carbocycles. The normalized spacial score (nSPS) is 16.5. The number of hydrogen-bond acceptors (Lipinski definition) is 5. The number of carbonyl (C=O) groups excluding carboxylic acids is 3. The van der Waals surface area contributed by atoms with Crippen LogP contribution in [0.3, 0.4) is 0 Å². The number of rotatable bonds is 7. The molecule has 3 amide bonds. The Bertz CT molecular complexity index is 1010. The maximum absolute atomic E-state index is 12.7. The van der Waals surface area contributed by atoms with Crippen molar-refractivity contribution in [1.29, 1.82) is 0 Å². The molecule has 1 aliphatic heterocycles. The molecule has 3 N–H and O–H groups in total. The van der Waals surface area contributed by atoms with Crippen molar-refractivity contribution in [1.82, 2.24) is 10.2 Å². The quantitative estimate of drug-likeness (QED) is 0.584. The third-order valence-electron chi connectivity index (χ3n) is 6.21. The van der Waals surface area contributed by atoms with Gasteiger partial charge in [-0.15, -0.1) is 0 Å². The molecule has 1 heterocycles. The van der Waals surface area contributed by atoms with Crippen LogP contribution in [-0.2, 0) is 9.53 Å². The zero-order valence-corrected chi connectivity index (χ0v) is 19.3. The highest BCUT2D eigenvalue weighted by molar-refractivity contribution is 5.98. The Morgan fingerprint density at radius 3 is 2.32 bits per heavy atom. The first-order valence-electron chi connectivity index (χ1n) is 12.0. The summed E-state index contributed by atoms with van der Waals surface area (Å²) in [5.74, 6) is -0.391. The van der Waals surface area contributed by atoms with Gasteiger partial charge in [-0.05, 0) is 49.2 Å². The Labute approximate surface area is 200 Å². The van der Waals surface area contributed by atoms with Crippen molar-refractivity contribution in [3.63, 3.8) is 0 Å². The molecule has 0 unspecified atom stereocenters. The van der Waals surface area contributed by atoms with E-state index in [2.05, 4.69) is 16.0 Å². The van der Waals surface area contributed by atoms with Gasteiger partial charge in [0.15, 0.2) is 0 Å². The van der Waals surface area contributed by atoms with Gasteiger partial charge in [0.25, 0.3) is 11.8 Å². The van der Waals surface area contributed by atoms with E-state index in [9.17, 15) is 14.4 Å². The van der Waals surface area contributed by atoms with E-state index < -0.39 is 0 Å². The summed E-state index contributed by atoms with van der Waals surface area (Å²) in [5, 5.41) is 9.00. The summed E-state index contributed by atoms with van der Waals surface area (Å²) in [5.41, 5.74) is 2.36. The molecule has 1 aliphatic carbocycles. The third kappa shape index (κ3) is 6.57. The summed E-state index contributed by atoms with van der Waals surface area (Å²) in [6.07, 6.45) is 5.58. The van der Waals surface area contributed by atoms with Gasteiger partial charge < -0.3 is 25.6 Å². The fourth-order valence-electron chi connectivity index (χ4n) is 4.35. The highest BCUT2D eigenvalue weighted by Crippen LogP contribution is 2.19. The van der Waals surface area contributed by atoms with Crippen LogP contribution in [0.1, 0.15) is 52.8 Å². The van der Waals surface area contributed by atoms with Crippen LogP contribution in [0.15, 0.2) is 48.5 Å². The number of nitrogens with one attached hydrogen (secondary N) is 3. The van der Waals surface area contributed by atoms with E-state index in [0.717, 1.165) is 25.7 Å². The second-order valence-corrected chi connectivity index (χ2v) is 8.78. The molecule has 0 aromatic heterocycles. The van der Waals surface area contributed by atoms with Gasteiger partial charge in [0, 0.05) is 41.6 Å². The number of hydrogen-bond donors (Lipinski definition) is 3. The van der Waals surface area contributed by atoms with Crippen molar-refractivity contribution in [2.24, 2.45) is 0 Å². The molecule has 2 fully saturated rings. The molecule has 8 nitrogen and oxygen atoms in total. The molecule has 4 rings (SSSR count). The highest BCUT2D eigenvalue weighted by Gasteiger charge is 2.19. The number of anilines is 2. The lowest BCUT2D eigenvalue weighted by Crippen LogP contribution is -2.40. The van der Waals surface area contributed by atoms with Crippen molar-refractivity contribution in [2.75, 3.05) is 43.5 Å². The zero-order chi connectivity index (χ0) is 23.8. The SMILES string of the molecule is O=C(CNc1cccc(C(=O)N2CCOCC2)c1)Nc1cccc(C(=O)NC2CCCCC2)c1. The number of benzene rings is 2. The molecular formula is C26H32N4O4. The summed E-state index contributed by atoms with van der Waals surface area (Å²) in [7, 11) is 0. The maximum atomic E-state index is 12.7. The predicted octanol–water partition coefficient (Wildman–Crippen LogP) is 3.27. The Morgan fingerprint density at radius 1 is 0.882 bits per heavy atom. The summed E-state index contributed by atoms with van der Waals surface area (Å²) in [6.45, 7) is 2.29. The molecule has 0 atom stereocenters. The van der Waals surface area contributed by atoms with Crippen molar-refractivity contribution < 1.29 is 19.1 Å². The van der Waals surface area contributed by atoms with Crippen LogP contribution >= 0.6 is 0 Å². The monoisotopic (exact) mass is 464 g/mol. The fraction of sp³-hybridized carbons (Fsp3) is 0.423. The predicted molar refractivity (Wildman–Crippen MR) is 131 cm³/mol. The van der Waals surface area contributed by atoms with Crippen LogP contribution in [0.5, 0.6) is 0 Å². The first-order chi connectivity index (χ1) is 16.6. The van der Waals surface area contributed by atoms with E-state index in [1.807, 2.05) is 6.07 Å². The molecule has 1 saturated heterocycles. The first kappa shape index (κ1) is 23.8. The van der Waals surface area contributed by atoms with E-state index in [-0.39, 0.29) is 30.3 Å². The Morgan fingerprint density at radius 2 is 1.56 bits per heavy atom. The molecule has 0 radical (unpaired) electrons. The minimum Gasteiger partial charge on any atom is -0.378 e. The molecule has 8 heteroatoms. The lowest BCUT2D eigenvalue weighted by atomic mass is 9.95. The Hall–Kier alpha value is -3.39. The molecule has 180 valence electrons. The van der Waals surface area contributed by atoms with Gasteiger partial charge in [-0.2, -0.15) is 0 Å². The van der Waals surface area contributed by atoms with Crippen molar-refractivity contribution >= 4 is 29.1 Å². The van der Waals surface area contributed by atoms with E-state index in [1.165, 1.54) is 6.42 Å². The summed E-state index contributed by atoms with van der Waals surface area (Å²) in [6, 6.07) is 14.3. The summed E-state index contributed by atoms with van der Waals surface area (Å²) < 4.78 is 5.30. The number of morpholine rings is 1. The fourth-order valence-corrected chi connectivity index (χ4v) is 4.35. The summed E-state index contributed by atoms with van der Waals surface area (Å²) >= 11 is 0. The number of nitrogens with zero attached hydrogens (tertiary/aromatic N) is 1. The van der Waals surface area contributed by atoms with Crippen LogP contribution in [0.25, 0.3) is 0 Å². The van der Waals surface area contributed by atoms with Crippen LogP contribution in [0.2, 0.25) is 0 Å². The Balaban J connectivity index is 1.29. The molecular weight excluding hydrogens is 432 g/mol. The van der Waals surface area contributed by atoms with E-state index in [4.69, 9.17) is 4.74 Å². The maximum Gasteiger partial charge on any atom is 0.254 e. The van der Waals surface area contributed by atoms with Gasteiger partial charge in [-0.1, -0.05) is 31.4 Å². The molecule has 2 aromatic rings. The molecule has 34 heavy (non-hydrogen) atoms. The van der Waals surface area contributed by atoms with Gasteiger partial charge in [-0.3, -0.25) is 14.4 Å². The van der Waals surface area contributed by atoms with Gasteiger partial charge in [-0.25, -0.2) is 0 Å². The summed E-state index contributed by atoms with van der Waals surface area (Å²) in [4.78, 5) is 39.5. The smallest absolute Gasteiger partial charge is 0.254 e. The molecule has 0 bridgehead atoms. The second-order valence-electron chi connectivity index (χ2n) is 8.78.